The maximum absolute atomic E-state index is 11.6. The van der Waals surface area contributed by atoms with Crippen molar-refractivity contribution in [3.8, 4) is 0 Å². The Bertz CT molecular complexity index is 254. The van der Waals surface area contributed by atoms with E-state index in [9.17, 15) is 4.79 Å². The molecule has 0 unspecified atom stereocenters. The first-order chi connectivity index (χ1) is 6.20. The van der Waals surface area contributed by atoms with Gasteiger partial charge < -0.3 is 10.5 Å². The van der Waals surface area contributed by atoms with Crippen molar-refractivity contribution in [2.45, 2.75) is 37.6 Å². The molecule has 0 aromatic rings. The lowest BCUT2D eigenvalue weighted by Gasteiger charge is -2.37. The summed E-state index contributed by atoms with van der Waals surface area (Å²) in [5.41, 5.74) is 6.60. The minimum absolute atomic E-state index is 0.180. The van der Waals surface area contributed by atoms with Gasteiger partial charge in [-0.1, -0.05) is 0 Å². The molecular weight excluding hydrogens is 166 g/mol. The van der Waals surface area contributed by atoms with Crippen LogP contribution in [-0.4, -0.2) is 17.9 Å². The summed E-state index contributed by atoms with van der Waals surface area (Å²) in [5, 5.41) is 0. The molecule has 0 spiro atoms. The van der Waals surface area contributed by atoms with Crippen molar-refractivity contribution >= 4 is 5.78 Å². The van der Waals surface area contributed by atoms with E-state index in [2.05, 4.69) is 0 Å². The van der Waals surface area contributed by atoms with Crippen LogP contribution in [0.1, 0.15) is 32.1 Å². The predicted octanol–water partition coefficient (Wildman–Crippen LogP) is 1.13. The molecule has 2 rings (SSSR count). The lowest BCUT2D eigenvalue weighted by molar-refractivity contribution is -0.117. The van der Waals surface area contributed by atoms with Gasteiger partial charge in [-0.2, -0.15) is 0 Å². The Morgan fingerprint density at radius 1 is 1.62 bits per heavy atom. The van der Waals surface area contributed by atoms with E-state index in [4.69, 9.17) is 10.5 Å². The highest BCUT2D eigenvalue weighted by Gasteiger charge is 2.35. The second-order valence-corrected chi connectivity index (χ2v) is 4.08. The molecule has 1 aliphatic heterocycles. The Kier molecular flexibility index (Phi) is 2.12. The van der Waals surface area contributed by atoms with E-state index in [1.807, 2.05) is 0 Å². The molecule has 0 aromatic heterocycles. The van der Waals surface area contributed by atoms with Gasteiger partial charge in [-0.05, 0) is 19.3 Å². The van der Waals surface area contributed by atoms with Crippen LogP contribution in [0.15, 0.2) is 11.8 Å². The Balaban J connectivity index is 1.90. The molecule has 3 heteroatoms. The number of ether oxygens (including phenoxy) is 1. The average molecular weight is 181 g/mol. The van der Waals surface area contributed by atoms with Gasteiger partial charge in [0.05, 0.1) is 12.9 Å². The number of hydrogen-bond acceptors (Lipinski definition) is 3. The van der Waals surface area contributed by atoms with Crippen molar-refractivity contribution in [1.29, 1.82) is 0 Å². The van der Waals surface area contributed by atoms with Crippen LogP contribution in [0.3, 0.4) is 0 Å². The van der Waals surface area contributed by atoms with Crippen molar-refractivity contribution in [3.05, 3.63) is 11.8 Å². The number of ketones is 1. The van der Waals surface area contributed by atoms with E-state index in [0.717, 1.165) is 24.8 Å². The van der Waals surface area contributed by atoms with Gasteiger partial charge in [-0.3, -0.25) is 4.79 Å². The maximum atomic E-state index is 11.6. The summed E-state index contributed by atoms with van der Waals surface area (Å²) < 4.78 is 5.02. The Hall–Kier alpha value is -0.830. The van der Waals surface area contributed by atoms with Crippen LogP contribution >= 0.6 is 0 Å². The first kappa shape index (κ1) is 8.75. The van der Waals surface area contributed by atoms with E-state index in [1.54, 1.807) is 6.26 Å². The highest BCUT2D eigenvalue weighted by molar-refractivity contribution is 5.96. The predicted molar refractivity (Wildman–Crippen MR) is 49.0 cm³/mol. The summed E-state index contributed by atoms with van der Waals surface area (Å²) in [6.07, 6.45) is 6.00. The van der Waals surface area contributed by atoms with E-state index in [1.165, 1.54) is 6.42 Å². The quantitative estimate of drug-likeness (QED) is 0.710. The Morgan fingerprint density at radius 3 is 2.85 bits per heavy atom. The molecule has 3 nitrogen and oxygen atoms in total. The number of rotatable bonds is 3. The van der Waals surface area contributed by atoms with Crippen molar-refractivity contribution in [2.75, 3.05) is 6.61 Å². The SMILES string of the molecule is NC1(CC(=O)C2=COCC2)CCC1. The average Bonchev–Trinajstić information content (AvgIpc) is 2.53. The van der Waals surface area contributed by atoms with Crippen LogP contribution in [0, 0.1) is 0 Å². The summed E-state index contributed by atoms with van der Waals surface area (Å²) in [6, 6.07) is 0. The molecule has 13 heavy (non-hydrogen) atoms. The minimum atomic E-state index is -0.194. The third-order valence-corrected chi connectivity index (χ3v) is 2.93. The van der Waals surface area contributed by atoms with Crippen LogP contribution in [0.25, 0.3) is 0 Å². The zero-order valence-corrected chi connectivity index (χ0v) is 7.71. The van der Waals surface area contributed by atoms with E-state index in [0.29, 0.717) is 13.0 Å². The number of hydrogen-bond donors (Lipinski definition) is 1. The lowest BCUT2D eigenvalue weighted by Crippen LogP contribution is -2.48. The molecule has 1 aliphatic carbocycles. The summed E-state index contributed by atoms with van der Waals surface area (Å²) in [5.74, 6) is 0.180. The highest BCUT2D eigenvalue weighted by atomic mass is 16.5. The standard InChI is InChI=1S/C10H15NO2/c11-10(3-1-4-10)6-9(12)8-2-5-13-7-8/h7H,1-6,11H2. The third kappa shape index (κ3) is 1.75. The molecule has 0 radical (unpaired) electrons. The van der Waals surface area contributed by atoms with Gasteiger partial charge in [0.2, 0.25) is 0 Å². The monoisotopic (exact) mass is 181 g/mol. The Morgan fingerprint density at radius 2 is 2.38 bits per heavy atom. The molecule has 0 aromatic carbocycles. The van der Waals surface area contributed by atoms with Crippen LogP contribution in [-0.2, 0) is 9.53 Å². The topological polar surface area (TPSA) is 52.3 Å². The van der Waals surface area contributed by atoms with Gasteiger partial charge in [-0.25, -0.2) is 0 Å². The van der Waals surface area contributed by atoms with Crippen LogP contribution in [0.2, 0.25) is 0 Å². The normalized spacial score (nSPS) is 24.5. The second kappa shape index (κ2) is 3.14. The highest BCUT2D eigenvalue weighted by Crippen LogP contribution is 2.33. The van der Waals surface area contributed by atoms with Gasteiger partial charge in [-0.15, -0.1) is 0 Å². The molecule has 72 valence electrons. The smallest absolute Gasteiger partial charge is 0.163 e. The van der Waals surface area contributed by atoms with Crippen LogP contribution < -0.4 is 5.73 Å². The first-order valence-corrected chi connectivity index (χ1v) is 4.82. The van der Waals surface area contributed by atoms with Gasteiger partial charge >= 0.3 is 0 Å². The molecule has 2 N–H and O–H groups in total. The van der Waals surface area contributed by atoms with Gasteiger partial charge in [0.1, 0.15) is 0 Å². The van der Waals surface area contributed by atoms with Crippen molar-refractivity contribution in [2.24, 2.45) is 5.73 Å². The molecule has 0 atom stereocenters. The van der Waals surface area contributed by atoms with Crippen LogP contribution in [0.4, 0.5) is 0 Å². The molecule has 1 saturated carbocycles. The van der Waals surface area contributed by atoms with E-state index in [-0.39, 0.29) is 11.3 Å². The maximum Gasteiger partial charge on any atom is 0.163 e. The van der Waals surface area contributed by atoms with E-state index < -0.39 is 0 Å². The molecular formula is C10H15NO2. The van der Waals surface area contributed by atoms with Gasteiger partial charge in [0.15, 0.2) is 5.78 Å². The summed E-state index contributed by atoms with van der Waals surface area (Å²) in [4.78, 5) is 11.6. The molecule has 0 saturated heterocycles. The minimum Gasteiger partial charge on any atom is -0.500 e. The lowest BCUT2D eigenvalue weighted by atomic mass is 9.73. The summed E-state index contributed by atoms with van der Waals surface area (Å²) in [6.45, 7) is 0.651. The van der Waals surface area contributed by atoms with Gasteiger partial charge in [0, 0.05) is 24.0 Å². The number of carbonyl (C=O) groups excluding carboxylic acids is 1. The third-order valence-electron chi connectivity index (χ3n) is 2.93. The molecule has 2 aliphatic rings. The molecule has 1 heterocycles. The number of carbonyl (C=O) groups is 1. The summed E-state index contributed by atoms with van der Waals surface area (Å²) in [7, 11) is 0. The summed E-state index contributed by atoms with van der Waals surface area (Å²) >= 11 is 0. The zero-order chi connectivity index (χ0) is 9.31. The fraction of sp³-hybridized carbons (Fsp3) is 0.700. The first-order valence-electron chi connectivity index (χ1n) is 4.82. The number of Topliss-reactive ketones (excluding diaryl/α,β-unsaturated/α-hetero) is 1. The van der Waals surface area contributed by atoms with Crippen molar-refractivity contribution in [1.82, 2.24) is 0 Å². The second-order valence-electron chi connectivity index (χ2n) is 4.08. The van der Waals surface area contributed by atoms with Gasteiger partial charge in [0.25, 0.3) is 0 Å². The molecule has 1 fully saturated rings. The largest absolute Gasteiger partial charge is 0.500 e. The fourth-order valence-corrected chi connectivity index (χ4v) is 1.83. The number of nitrogens with two attached hydrogens (primary N) is 1. The zero-order valence-electron chi connectivity index (χ0n) is 7.71. The van der Waals surface area contributed by atoms with Crippen molar-refractivity contribution in [3.63, 3.8) is 0 Å². The molecule has 0 amide bonds. The molecule has 0 bridgehead atoms. The van der Waals surface area contributed by atoms with Crippen molar-refractivity contribution < 1.29 is 9.53 Å². The Labute approximate surface area is 77.9 Å². The van der Waals surface area contributed by atoms with Crippen LogP contribution in [0.5, 0.6) is 0 Å². The fourth-order valence-electron chi connectivity index (χ4n) is 1.83. The van der Waals surface area contributed by atoms with E-state index >= 15 is 0 Å².